The molecule has 0 fully saturated rings. The van der Waals surface area contributed by atoms with E-state index in [9.17, 15) is 4.79 Å². The van der Waals surface area contributed by atoms with Crippen molar-refractivity contribution in [2.75, 3.05) is 18.5 Å². The molecule has 0 unspecified atom stereocenters. The van der Waals surface area contributed by atoms with Crippen molar-refractivity contribution < 1.29 is 0 Å². The summed E-state index contributed by atoms with van der Waals surface area (Å²) in [5, 5.41) is 0.642. The second kappa shape index (κ2) is 3.20. The summed E-state index contributed by atoms with van der Waals surface area (Å²) in [6.07, 6.45) is 5.62. The second-order valence-corrected chi connectivity index (χ2v) is 3.91. The van der Waals surface area contributed by atoms with E-state index in [2.05, 4.69) is 27.0 Å². The van der Waals surface area contributed by atoms with Crippen LogP contribution in [-0.4, -0.2) is 23.6 Å². The summed E-state index contributed by atoms with van der Waals surface area (Å²) in [6, 6.07) is 3.78. The molecule has 16 heavy (non-hydrogen) atoms. The monoisotopic (exact) mass is 213 g/mol. The zero-order valence-corrected chi connectivity index (χ0v) is 8.90. The Kier molecular flexibility index (Phi) is 1.83. The molecule has 1 N–H and O–H groups in total. The van der Waals surface area contributed by atoms with E-state index < -0.39 is 0 Å². The van der Waals surface area contributed by atoms with Crippen molar-refractivity contribution >= 4 is 22.7 Å². The van der Waals surface area contributed by atoms with Gasteiger partial charge < -0.3 is 9.88 Å². The lowest BCUT2D eigenvalue weighted by Gasteiger charge is -2.24. The average Bonchev–Trinajstić information content (AvgIpc) is 2.29. The lowest BCUT2D eigenvalue weighted by molar-refractivity contribution is 1.02. The predicted octanol–water partition coefficient (Wildman–Crippen LogP) is 1.39. The fourth-order valence-electron chi connectivity index (χ4n) is 2.11. The maximum absolute atomic E-state index is 11.6. The number of benzene rings is 1. The van der Waals surface area contributed by atoms with Gasteiger partial charge in [-0.15, -0.1) is 0 Å². The Balaban J connectivity index is 2.48. The molecule has 0 spiro atoms. The molecule has 2 heterocycles. The second-order valence-electron chi connectivity index (χ2n) is 3.91. The smallest absolute Gasteiger partial charge is 0.258 e. The van der Waals surface area contributed by atoms with Gasteiger partial charge in [0.15, 0.2) is 0 Å². The van der Waals surface area contributed by atoms with Gasteiger partial charge >= 0.3 is 0 Å². The first-order valence-corrected chi connectivity index (χ1v) is 5.15. The number of nitrogens with zero attached hydrogens (tertiary/aromatic N) is 2. The van der Waals surface area contributed by atoms with Crippen molar-refractivity contribution in [3.05, 3.63) is 40.5 Å². The third kappa shape index (κ3) is 1.16. The molecule has 3 rings (SSSR count). The molecular formula is C12H11N3O. The molecule has 2 aromatic rings. The Morgan fingerprint density at radius 3 is 3.19 bits per heavy atom. The van der Waals surface area contributed by atoms with Gasteiger partial charge in [-0.1, -0.05) is 18.2 Å². The normalized spacial score (nSPS) is 14.2. The van der Waals surface area contributed by atoms with Gasteiger partial charge in [-0.25, -0.2) is 4.98 Å². The van der Waals surface area contributed by atoms with E-state index in [1.54, 1.807) is 0 Å². The van der Waals surface area contributed by atoms with Gasteiger partial charge in [-0.2, -0.15) is 0 Å². The quantitative estimate of drug-likeness (QED) is 0.719. The number of fused-ring (bicyclic) bond motifs is 3. The van der Waals surface area contributed by atoms with Crippen LogP contribution in [0.1, 0.15) is 5.56 Å². The molecular weight excluding hydrogens is 202 g/mol. The summed E-state index contributed by atoms with van der Waals surface area (Å²) in [4.78, 5) is 20.6. The zero-order chi connectivity index (χ0) is 11.1. The fourth-order valence-corrected chi connectivity index (χ4v) is 2.11. The van der Waals surface area contributed by atoms with Crippen LogP contribution in [0.2, 0.25) is 0 Å². The van der Waals surface area contributed by atoms with Gasteiger partial charge in [0.25, 0.3) is 5.56 Å². The minimum atomic E-state index is -0.0873. The summed E-state index contributed by atoms with van der Waals surface area (Å²) in [5.41, 5.74) is 2.83. The van der Waals surface area contributed by atoms with Gasteiger partial charge in [0.1, 0.15) is 5.52 Å². The lowest BCUT2D eigenvalue weighted by Crippen LogP contribution is -2.21. The van der Waals surface area contributed by atoms with Crippen LogP contribution < -0.4 is 10.5 Å². The predicted molar refractivity (Wildman–Crippen MR) is 64.7 cm³/mol. The number of hydrogen-bond donors (Lipinski definition) is 1. The molecule has 0 saturated heterocycles. The number of nitrogens with one attached hydrogen (secondary N) is 1. The summed E-state index contributed by atoms with van der Waals surface area (Å²) in [7, 11) is 2.00. The van der Waals surface area contributed by atoms with E-state index in [0.29, 0.717) is 5.39 Å². The highest BCUT2D eigenvalue weighted by atomic mass is 16.1. The van der Waals surface area contributed by atoms with Crippen LogP contribution in [0.5, 0.6) is 0 Å². The van der Waals surface area contributed by atoms with Crippen LogP contribution in [0.4, 0.5) is 5.69 Å². The highest BCUT2D eigenvalue weighted by Crippen LogP contribution is 2.30. The molecule has 80 valence electrons. The van der Waals surface area contributed by atoms with E-state index in [0.717, 1.165) is 23.3 Å². The number of hydrogen-bond acceptors (Lipinski definition) is 3. The van der Waals surface area contributed by atoms with Gasteiger partial charge in [-0.3, -0.25) is 4.79 Å². The standard InChI is InChI=1S/C12H11N3O/c1-15-6-2-3-8-4-5-9-10(11(8)15)13-7-14-12(9)16/h2-5,7H,6H2,1H3,(H,13,14,16). The summed E-state index contributed by atoms with van der Waals surface area (Å²) < 4.78 is 0. The first-order valence-electron chi connectivity index (χ1n) is 5.15. The van der Waals surface area contributed by atoms with E-state index in [4.69, 9.17) is 0 Å². The van der Waals surface area contributed by atoms with Crippen molar-refractivity contribution in [2.45, 2.75) is 0 Å². The molecule has 1 aliphatic rings. The molecule has 1 aliphatic heterocycles. The van der Waals surface area contributed by atoms with Gasteiger partial charge in [0.05, 0.1) is 17.4 Å². The Morgan fingerprint density at radius 2 is 2.31 bits per heavy atom. The molecule has 0 amide bonds. The number of H-pyrrole nitrogens is 1. The molecule has 0 radical (unpaired) electrons. The number of rotatable bonds is 0. The maximum atomic E-state index is 11.6. The van der Waals surface area contributed by atoms with Crippen molar-refractivity contribution in [2.24, 2.45) is 0 Å². The van der Waals surface area contributed by atoms with E-state index >= 15 is 0 Å². The van der Waals surface area contributed by atoms with E-state index in [1.807, 2.05) is 19.2 Å². The third-order valence-electron chi connectivity index (χ3n) is 2.87. The van der Waals surface area contributed by atoms with Crippen LogP contribution >= 0.6 is 0 Å². The molecule has 0 atom stereocenters. The summed E-state index contributed by atoms with van der Waals surface area (Å²) in [6.45, 7) is 0.848. The first-order chi connectivity index (χ1) is 7.77. The Morgan fingerprint density at radius 1 is 1.44 bits per heavy atom. The SMILES string of the molecule is CN1CC=Cc2ccc3c(=O)[nH]cnc3c21. The molecule has 4 heteroatoms. The van der Waals surface area contributed by atoms with Crippen LogP contribution in [0.3, 0.4) is 0 Å². The third-order valence-corrected chi connectivity index (χ3v) is 2.87. The highest BCUT2D eigenvalue weighted by molar-refractivity contribution is 5.95. The minimum absolute atomic E-state index is 0.0873. The van der Waals surface area contributed by atoms with Crippen LogP contribution in [0, 0.1) is 0 Å². The van der Waals surface area contributed by atoms with Crippen LogP contribution in [-0.2, 0) is 0 Å². The fraction of sp³-hybridized carbons (Fsp3) is 0.167. The van der Waals surface area contributed by atoms with Crippen molar-refractivity contribution in [3.8, 4) is 0 Å². The topological polar surface area (TPSA) is 49.0 Å². The number of aromatic amines is 1. The molecule has 0 aliphatic carbocycles. The number of likely N-dealkylation sites (N-methyl/N-ethyl adjacent to an activating group) is 1. The largest absolute Gasteiger partial charge is 0.369 e. The average molecular weight is 213 g/mol. The van der Waals surface area contributed by atoms with Gasteiger partial charge in [-0.05, 0) is 11.6 Å². The maximum Gasteiger partial charge on any atom is 0.258 e. The van der Waals surface area contributed by atoms with Crippen LogP contribution in [0.25, 0.3) is 17.0 Å². The Labute approximate surface area is 92.2 Å². The summed E-state index contributed by atoms with van der Waals surface area (Å²) in [5.74, 6) is 0. The first kappa shape index (κ1) is 9.15. The number of anilines is 1. The number of aromatic nitrogens is 2. The zero-order valence-electron chi connectivity index (χ0n) is 8.90. The van der Waals surface area contributed by atoms with Crippen molar-refractivity contribution in [3.63, 3.8) is 0 Å². The van der Waals surface area contributed by atoms with Gasteiger partial charge in [0.2, 0.25) is 0 Å². The van der Waals surface area contributed by atoms with E-state index in [1.165, 1.54) is 6.33 Å². The minimum Gasteiger partial charge on any atom is -0.369 e. The van der Waals surface area contributed by atoms with E-state index in [-0.39, 0.29) is 5.56 Å². The molecule has 1 aromatic carbocycles. The summed E-state index contributed by atoms with van der Waals surface area (Å²) >= 11 is 0. The Bertz CT molecular complexity index is 642. The van der Waals surface area contributed by atoms with Crippen LogP contribution in [0.15, 0.2) is 29.3 Å². The highest BCUT2D eigenvalue weighted by Gasteiger charge is 2.14. The molecule has 0 saturated carbocycles. The van der Waals surface area contributed by atoms with Gasteiger partial charge in [0, 0.05) is 13.6 Å². The van der Waals surface area contributed by atoms with Crippen molar-refractivity contribution in [1.29, 1.82) is 0 Å². The lowest BCUT2D eigenvalue weighted by atomic mass is 10.1. The van der Waals surface area contributed by atoms with Crippen molar-refractivity contribution in [1.82, 2.24) is 9.97 Å². The molecule has 0 bridgehead atoms. The molecule has 4 nitrogen and oxygen atoms in total. The Hall–Kier alpha value is -2.10. The molecule has 1 aromatic heterocycles.